The van der Waals surface area contributed by atoms with Crippen LogP contribution >= 0.6 is 11.6 Å². The van der Waals surface area contributed by atoms with Crippen LogP contribution in [0.25, 0.3) is 0 Å². The van der Waals surface area contributed by atoms with Gasteiger partial charge in [0, 0.05) is 6.07 Å². The molecule has 0 spiro atoms. The fraction of sp³-hybridized carbons (Fsp3) is 0.286. The summed E-state index contributed by atoms with van der Waals surface area (Å²) in [5.41, 5.74) is -1.49. The van der Waals surface area contributed by atoms with E-state index in [1.165, 1.54) is 0 Å². The Bertz CT molecular complexity index is 364. The van der Waals surface area contributed by atoms with Gasteiger partial charge in [0.25, 0.3) is 6.43 Å². The average Bonchev–Trinajstić information content (AvgIpc) is 2.09. The molecule has 0 aliphatic carbocycles. The lowest BCUT2D eigenvalue weighted by Gasteiger charge is -2.04. The molecule has 0 saturated carbocycles. The molecule has 0 radical (unpaired) electrons. The maximum atomic E-state index is 12.1. The molecule has 72 valence electrons. The monoisotopic (exact) mass is 209 g/mol. The quantitative estimate of drug-likeness (QED) is 0.730. The largest absolute Gasteiger partial charge is 0.503 e. The van der Waals surface area contributed by atoms with Crippen LogP contribution in [0, 0.1) is 0 Å². The van der Waals surface area contributed by atoms with E-state index < -0.39 is 23.3 Å². The van der Waals surface area contributed by atoms with Crippen LogP contribution in [0.2, 0.25) is 0 Å². The molecule has 6 heteroatoms. The van der Waals surface area contributed by atoms with Crippen molar-refractivity contribution in [2.45, 2.75) is 12.3 Å². The fourth-order valence-corrected chi connectivity index (χ4v) is 1.04. The minimum absolute atomic E-state index is 0.0931. The predicted octanol–water partition coefficient (Wildman–Crippen LogP) is 1.76. The van der Waals surface area contributed by atoms with Crippen molar-refractivity contribution in [2.75, 3.05) is 0 Å². The second-order valence-electron chi connectivity index (χ2n) is 2.35. The van der Waals surface area contributed by atoms with Gasteiger partial charge in [-0.2, -0.15) is 0 Å². The number of rotatable bonds is 2. The van der Waals surface area contributed by atoms with Crippen molar-refractivity contribution in [3.63, 3.8) is 0 Å². The van der Waals surface area contributed by atoms with Crippen LogP contribution in [0.15, 0.2) is 10.9 Å². The number of pyridine rings is 1. The number of alkyl halides is 3. The summed E-state index contributed by atoms with van der Waals surface area (Å²) in [5, 5.41) is 9.03. The zero-order valence-corrected chi connectivity index (χ0v) is 7.11. The van der Waals surface area contributed by atoms with Crippen molar-refractivity contribution in [1.82, 2.24) is 4.98 Å². The van der Waals surface area contributed by atoms with Gasteiger partial charge in [-0.05, 0) is 0 Å². The summed E-state index contributed by atoms with van der Waals surface area (Å²) in [5.74, 6) is -0.832. The van der Waals surface area contributed by atoms with Crippen LogP contribution in [-0.4, -0.2) is 10.1 Å². The van der Waals surface area contributed by atoms with Crippen molar-refractivity contribution in [2.24, 2.45) is 0 Å². The highest BCUT2D eigenvalue weighted by Crippen LogP contribution is 2.19. The first-order valence-corrected chi connectivity index (χ1v) is 3.89. The number of hydrogen-bond donors (Lipinski definition) is 2. The highest BCUT2D eigenvalue weighted by Gasteiger charge is 2.13. The molecule has 0 unspecified atom stereocenters. The summed E-state index contributed by atoms with van der Waals surface area (Å²) in [6.07, 6.45) is -2.78. The van der Waals surface area contributed by atoms with E-state index in [0.717, 1.165) is 0 Å². The van der Waals surface area contributed by atoms with E-state index in [1.54, 1.807) is 0 Å². The highest BCUT2D eigenvalue weighted by atomic mass is 35.5. The van der Waals surface area contributed by atoms with Crippen LogP contribution in [0.4, 0.5) is 8.78 Å². The predicted molar refractivity (Wildman–Crippen MR) is 43.2 cm³/mol. The summed E-state index contributed by atoms with van der Waals surface area (Å²) >= 11 is 5.31. The van der Waals surface area contributed by atoms with Gasteiger partial charge in [0.15, 0.2) is 5.75 Å². The summed E-state index contributed by atoms with van der Waals surface area (Å²) in [7, 11) is 0. The van der Waals surface area contributed by atoms with Crippen LogP contribution in [0.1, 0.15) is 17.8 Å². The van der Waals surface area contributed by atoms with Gasteiger partial charge < -0.3 is 10.1 Å². The zero-order chi connectivity index (χ0) is 10.0. The average molecular weight is 210 g/mol. The fourth-order valence-electron chi connectivity index (χ4n) is 0.842. The second kappa shape index (κ2) is 3.74. The molecule has 1 aromatic rings. The number of aromatic nitrogens is 1. The number of aromatic hydroxyl groups is 1. The van der Waals surface area contributed by atoms with E-state index in [9.17, 15) is 13.6 Å². The Hall–Kier alpha value is -1.10. The normalized spacial score (nSPS) is 10.8. The number of nitrogens with one attached hydrogen (secondary N) is 1. The third kappa shape index (κ3) is 1.98. The molecule has 0 fully saturated rings. The lowest BCUT2D eigenvalue weighted by molar-refractivity contribution is 0.145. The second-order valence-corrected chi connectivity index (χ2v) is 2.62. The third-order valence-corrected chi connectivity index (χ3v) is 1.74. The Morgan fingerprint density at radius 1 is 1.62 bits per heavy atom. The summed E-state index contributed by atoms with van der Waals surface area (Å²) < 4.78 is 24.2. The van der Waals surface area contributed by atoms with E-state index in [-0.39, 0.29) is 11.6 Å². The molecular weight excluding hydrogens is 204 g/mol. The first kappa shape index (κ1) is 9.98. The first-order valence-electron chi connectivity index (χ1n) is 3.35. The lowest BCUT2D eigenvalue weighted by Crippen LogP contribution is -2.07. The van der Waals surface area contributed by atoms with Gasteiger partial charge in [0.1, 0.15) is 0 Å². The maximum Gasteiger partial charge on any atom is 0.278 e. The number of halogens is 3. The summed E-state index contributed by atoms with van der Waals surface area (Å²) in [4.78, 5) is 13.0. The van der Waals surface area contributed by atoms with E-state index in [4.69, 9.17) is 16.7 Å². The van der Waals surface area contributed by atoms with Gasteiger partial charge in [0.2, 0.25) is 5.43 Å². The molecule has 0 aliphatic heterocycles. The molecule has 1 heterocycles. The molecule has 0 bridgehead atoms. The van der Waals surface area contributed by atoms with Gasteiger partial charge in [-0.25, -0.2) is 8.78 Å². The molecular formula is C7H6ClF2NO2. The van der Waals surface area contributed by atoms with Crippen molar-refractivity contribution in [3.8, 4) is 5.75 Å². The van der Waals surface area contributed by atoms with E-state index in [0.29, 0.717) is 6.07 Å². The summed E-state index contributed by atoms with van der Waals surface area (Å²) in [6, 6.07) is 0.649. The third-order valence-electron chi connectivity index (χ3n) is 1.47. The molecule has 1 aromatic heterocycles. The van der Waals surface area contributed by atoms with E-state index in [1.807, 2.05) is 0 Å². The van der Waals surface area contributed by atoms with E-state index in [2.05, 4.69) is 4.98 Å². The Kier molecular flexibility index (Phi) is 2.87. The zero-order valence-electron chi connectivity index (χ0n) is 6.35. The molecule has 13 heavy (non-hydrogen) atoms. The Morgan fingerprint density at radius 3 is 2.69 bits per heavy atom. The van der Waals surface area contributed by atoms with Crippen molar-refractivity contribution in [1.29, 1.82) is 0 Å². The smallest absolute Gasteiger partial charge is 0.278 e. The summed E-state index contributed by atoms with van der Waals surface area (Å²) in [6.45, 7) is 0. The van der Waals surface area contributed by atoms with Crippen molar-refractivity contribution >= 4 is 11.6 Å². The highest BCUT2D eigenvalue weighted by molar-refractivity contribution is 6.17. The van der Waals surface area contributed by atoms with Crippen molar-refractivity contribution in [3.05, 3.63) is 27.7 Å². The number of hydrogen-bond acceptors (Lipinski definition) is 2. The van der Waals surface area contributed by atoms with Gasteiger partial charge in [-0.15, -0.1) is 11.6 Å². The van der Waals surface area contributed by atoms with Crippen LogP contribution in [-0.2, 0) is 5.88 Å². The number of aromatic amines is 1. The maximum absolute atomic E-state index is 12.1. The van der Waals surface area contributed by atoms with Gasteiger partial charge in [-0.3, -0.25) is 4.79 Å². The SMILES string of the molecule is O=c1cc(C(F)F)[nH]c(CCl)c1O. The standard InChI is InChI=1S/C7H6ClF2NO2/c8-2-4-6(13)5(12)1-3(11-4)7(9)10/h1,7,13H,2H2,(H,11,12). The minimum Gasteiger partial charge on any atom is -0.503 e. The van der Waals surface area contributed by atoms with E-state index >= 15 is 0 Å². The molecule has 2 N–H and O–H groups in total. The van der Waals surface area contributed by atoms with Crippen molar-refractivity contribution < 1.29 is 13.9 Å². The molecule has 0 saturated heterocycles. The first-order chi connectivity index (χ1) is 6.06. The molecule has 0 amide bonds. The Balaban J connectivity index is 3.31. The van der Waals surface area contributed by atoms with Gasteiger partial charge in [-0.1, -0.05) is 0 Å². The Morgan fingerprint density at radius 2 is 2.23 bits per heavy atom. The van der Waals surface area contributed by atoms with Crippen LogP contribution < -0.4 is 5.43 Å². The lowest BCUT2D eigenvalue weighted by atomic mass is 10.3. The number of H-pyrrole nitrogens is 1. The minimum atomic E-state index is -2.78. The molecule has 0 aliphatic rings. The Labute approximate surface area is 77.0 Å². The molecule has 1 rings (SSSR count). The molecule has 0 aromatic carbocycles. The van der Waals surface area contributed by atoms with Gasteiger partial charge >= 0.3 is 0 Å². The van der Waals surface area contributed by atoms with Crippen LogP contribution in [0.3, 0.4) is 0 Å². The molecule has 0 atom stereocenters. The molecule has 3 nitrogen and oxygen atoms in total. The van der Waals surface area contributed by atoms with Gasteiger partial charge in [0.05, 0.1) is 17.3 Å². The topological polar surface area (TPSA) is 53.1 Å². The van der Waals surface area contributed by atoms with Crippen LogP contribution in [0.5, 0.6) is 5.75 Å².